The van der Waals surface area contributed by atoms with Gasteiger partial charge in [-0.15, -0.1) is 10.2 Å². The van der Waals surface area contributed by atoms with Crippen molar-refractivity contribution in [2.75, 3.05) is 0 Å². The van der Waals surface area contributed by atoms with Crippen LogP contribution in [0.4, 0.5) is 0 Å². The summed E-state index contributed by atoms with van der Waals surface area (Å²) >= 11 is 0. The first kappa shape index (κ1) is 26.5. The van der Waals surface area contributed by atoms with E-state index in [1.807, 2.05) is 48.5 Å². The van der Waals surface area contributed by atoms with Crippen molar-refractivity contribution >= 4 is 20.8 Å². The van der Waals surface area contributed by atoms with Crippen molar-refractivity contribution in [3.8, 4) is 22.5 Å². The van der Waals surface area contributed by atoms with Gasteiger partial charge in [0.05, 0.1) is 5.60 Å². The largest absolute Gasteiger partial charge is 0.519 e. The van der Waals surface area contributed by atoms with Crippen LogP contribution in [0.5, 0.6) is 0 Å². The van der Waals surface area contributed by atoms with Gasteiger partial charge in [-0.3, -0.25) is 4.99 Å². The van der Waals surface area contributed by atoms with E-state index in [-0.39, 0.29) is 18.1 Å². The molecule has 3 unspecified atom stereocenters. The number of aromatic nitrogens is 4. The van der Waals surface area contributed by atoms with Crippen LogP contribution in [0.25, 0.3) is 22.5 Å². The maximum Gasteiger partial charge on any atom is 0.519 e. The molecule has 0 spiro atoms. The molecule has 13 heteroatoms. The zero-order chi connectivity index (χ0) is 27.7. The number of aryl methyl sites for hydroxylation is 1. The van der Waals surface area contributed by atoms with E-state index in [1.165, 1.54) is 0 Å². The predicted octanol–water partition coefficient (Wildman–Crippen LogP) is 2.69. The Balaban J connectivity index is 1.37. The van der Waals surface area contributed by atoms with Crippen molar-refractivity contribution in [3.63, 3.8) is 0 Å². The molecule has 0 fully saturated rings. The van der Waals surface area contributed by atoms with Crippen molar-refractivity contribution in [2.45, 2.75) is 51.6 Å². The minimum absolute atomic E-state index is 0.126. The Labute approximate surface area is 225 Å². The van der Waals surface area contributed by atoms with Gasteiger partial charge in [-0.2, -0.15) is 5.21 Å². The van der Waals surface area contributed by atoms with E-state index in [9.17, 15) is 14.7 Å². The third-order valence-corrected chi connectivity index (χ3v) is 6.96. The lowest BCUT2D eigenvalue weighted by atomic mass is 9.92. The van der Waals surface area contributed by atoms with E-state index in [1.54, 1.807) is 25.7 Å². The number of esters is 1. The van der Waals surface area contributed by atoms with E-state index in [2.05, 4.69) is 34.9 Å². The SMILES string of the molecule is Cc1oc(=O)oc1COC(=O)C1C(C(C)(C)O)N=C(P)N1Cc1ccc(-c2ccccc2-c2nn[nH]n2)cc1. The van der Waals surface area contributed by atoms with Crippen LogP contribution in [0, 0.1) is 6.92 Å². The standard InChI is InChI=1S/C26H27N6O6P/c1-14-19(38-25(34)37-14)13-36-23(33)20-21(26(2,3)35)27-24(39)32(20)12-15-8-10-16(11-9-15)17-6-4-5-7-18(17)22-28-30-31-29-22/h4-11,20-21,35H,12-13,39H2,1-3H3,(H,28,29,30,31). The summed E-state index contributed by atoms with van der Waals surface area (Å²) in [5.74, 6) is -0.619. The van der Waals surface area contributed by atoms with Crippen LogP contribution in [0.3, 0.4) is 0 Å². The second-order valence-corrected chi connectivity index (χ2v) is 10.2. The molecule has 0 saturated carbocycles. The molecular formula is C26H27N6O6P. The number of nitrogens with one attached hydrogen (secondary N) is 1. The number of benzene rings is 2. The summed E-state index contributed by atoms with van der Waals surface area (Å²) in [6, 6.07) is 14.0. The lowest BCUT2D eigenvalue weighted by molar-refractivity contribution is -0.153. The Kier molecular flexibility index (Phi) is 7.16. The summed E-state index contributed by atoms with van der Waals surface area (Å²) in [6.45, 7) is 4.79. The fourth-order valence-electron chi connectivity index (χ4n) is 4.50. The van der Waals surface area contributed by atoms with Crippen molar-refractivity contribution in [1.82, 2.24) is 25.5 Å². The number of carbonyl (C=O) groups excluding carboxylic acids is 1. The first-order valence-corrected chi connectivity index (χ1v) is 12.7. The van der Waals surface area contributed by atoms with Crippen LogP contribution in [-0.4, -0.2) is 59.9 Å². The van der Waals surface area contributed by atoms with Gasteiger partial charge in [-0.25, -0.2) is 9.59 Å². The molecule has 2 aromatic heterocycles. The molecule has 0 radical (unpaired) electrons. The van der Waals surface area contributed by atoms with Crippen LogP contribution in [0.1, 0.15) is 30.9 Å². The maximum atomic E-state index is 13.3. The molecule has 5 rings (SSSR count). The van der Waals surface area contributed by atoms with Gasteiger partial charge in [-0.1, -0.05) is 57.8 Å². The van der Waals surface area contributed by atoms with Crippen molar-refractivity contribution in [1.29, 1.82) is 0 Å². The van der Waals surface area contributed by atoms with E-state index < -0.39 is 29.5 Å². The number of rotatable bonds is 8. The van der Waals surface area contributed by atoms with Gasteiger partial charge in [-0.05, 0) is 42.7 Å². The molecule has 4 aromatic rings. The predicted molar refractivity (Wildman–Crippen MR) is 143 cm³/mol. The Hall–Kier alpha value is -4.15. The number of aliphatic imine (C=N–C) groups is 1. The highest BCUT2D eigenvalue weighted by atomic mass is 31.0. The molecule has 0 bridgehead atoms. The molecular weight excluding hydrogens is 523 g/mol. The zero-order valence-corrected chi connectivity index (χ0v) is 22.6. The quantitative estimate of drug-likeness (QED) is 0.247. The van der Waals surface area contributed by atoms with Crippen LogP contribution in [0.15, 0.2) is 67.2 Å². The molecule has 2 aromatic carbocycles. The number of hydrogen-bond acceptors (Lipinski definition) is 11. The maximum absolute atomic E-state index is 13.3. The second-order valence-electron chi connectivity index (χ2n) is 9.68. The van der Waals surface area contributed by atoms with Crippen LogP contribution < -0.4 is 5.82 Å². The van der Waals surface area contributed by atoms with Crippen LogP contribution in [-0.2, 0) is 22.7 Å². The molecule has 0 saturated heterocycles. The van der Waals surface area contributed by atoms with Crippen molar-refractivity contribution in [2.24, 2.45) is 4.99 Å². The highest BCUT2D eigenvalue weighted by Crippen LogP contribution is 2.33. The molecule has 1 aliphatic heterocycles. The Morgan fingerprint density at radius 1 is 1.15 bits per heavy atom. The first-order chi connectivity index (χ1) is 18.6. The van der Waals surface area contributed by atoms with Gasteiger partial charge in [0.25, 0.3) is 0 Å². The number of hydrogen-bond donors (Lipinski definition) is 2. The van der Waals surface area contributed by atoms with Crippen LogP contribution in [0.2, 0.25) is 0 Å². The third kappa shape index (κ3) is 5.52. The number of aromatic amines is 1. The number of H-pyrrole nitrogens is 1. The average molecular weight is 551 g/mol. The molecule has 0 amide bonds. The average Bonchev–Trinajstić information content (AvgIpc) is 3.63. The van der Waals surface area contributed by atoms with Crippen LogP contribution >= 0.6 is 9.24 Å². The van der Waals surface area contributed by atoms with E-state index in [0.29, 0.717) is 17.9 Å². The number of aliphatic hydroxyl groups is 1. The summed E-state index contributed by atoms with van der Waals surface area (Å²) < 4.78 is 15.3. The lowest BCUT2D eigenvalue weighted by Gasteiger charge is -2.32. The smallest absolute Gasteiger partial charge is 0.456 e. The van der Waals surface area contributed by atoms with E-state index in [4.69, 9.17) is 13.6 Å². The molecule has 3 heterocycles. The summed E-state index contributed by atoms with van der Waals surface area (Å²) in [5.41, 5.74) is 2.88. The van der Waals surface area contributed by atoms with Gasteiger partial charge >= 0.3 is 11.8 Å². The summed E-state index contributed by atoms with van der Waals surface area (Å²) in [4.78, 5) is 31.0. The summed E-state index contributed by atoms with van der Waals surface area (Å²) in [6.07, 6.45) is 0. The van der Waals surface area contributed by atoms with E-state index >= 15 is 0 Å². The highest BCUT2D eigenvalue weighted by Gasteiger charge is 2.47. The van der Waals surface area contributed by atoms with Gasteiger partial charge < -0.3 is 23.6 Å². The molecule has 202 valence electrons. The van der Waals surface area contributed by atoms with Gasteiger partial charge in [0.2, 0.25) is 5.82 Å². The number of ether oxygens (including phenoxy) is 1. The zero-order valence-electron chi connectivity index (χ0n) is 21.5. The number of carbonyl (C=O) groups is 1. The highest BCUT2D eigenvalue weighted by molar-refractivity contribution is 7.40. The Morgan fingerprint density at radius 2 is 1.87 bits per heavy atom. The number of tetrazole rings is 1. The number of nitrogens with zero attached hydrogens (tertiary/aromatic N) is 5. The molecule has 1 aliphatic rings. The molecule has 39 heavy (non-hydrogen) atoms. The monoisotopic (exact) mass is 550 g/mol. The number of amidine groups is 1. The molecule has 3 atom stereocenters. The second kappa shape index (κ2) is 10.5. The molecule has 0 aliphatic carbocycles. The fourth-order valence-corrected chi connectivity index (χ4v) is 4.91. The minimum Gasteiger partial charge on any atom is -0.456 e. The molecule has 2 N–H and O–H groups in total. The van der Waals surface area contributed by atoms with Gasteiger partial charge in [0.15, 0.2) is 24.2 Å². The lowest BCUT2D eigenvalue weighted by Crippen LogP contribution is -2.52. The summed E-state index contributed by atoms with van der Waals surface area (Å²) in [5, 5.41) is 25.1. The Morgan fingerprint density at radius 3 is 2.49 bits per heavy atom. The summed E-state index contributed by atoms with van der Waals surface area (Å²) in [7, 11) is 2.53. The van der Waals surface area contributed by atoms with Gasteiger partial charge in [0.1, 0.15) is 11.6 Å². The first-order valence-electron chi connectivity index (χ1n) is 12.1. The fraction of sp³-hybridized carbons (Fsp3) is 0.308. The Bertz CT molecular complexity index is 1550. The topological polar surface area (TPSA) is 160 Å². The third-order valence-electron chi connectivity index (χ3n) is 6.48. The van der Waals surface area contributed by atoms with Crippen molar-refractivity contribution < 1.29 is 23.5 Å². The minimum atomic E-state index is -1.30. The van der Waals surface area contributed by atoms with Gasteiger partial charge in [0, 0.05) is 12.1 Å². The molecule has 12 nitrogen and oxygen atoms in total. The van der Waals surface area contributed by atoms with E-state index in [0.717, 1.165) is 22.3 Å². The normalized spacial score (nSPS) is 17.4. The van der Waals surface area contributed by atoms with Crippen molar-refractivity contribution in [3.05, 3.63) is 76.2 Å².